The molecule has 2 amide bonds. The first-order chi connectivity index (χ1) is 13.8. The van der Waals surface area contributed by atoms with E-state index in [1.807, 2.05) is 38.1 Å². The summed E-state index contributed by atoms with van der Waals surface area (Å²) in [5.74, 6) is -2.48. The van der Waals surface area contributed by atoms with Gasteiger partial charge in [-0.3, -0.25) is 9.59 Å². The lowest BCUT2D eigenvalue weighted by Crippen LogP contribution is -2.36. The minimum Gasteiger partial charge on any atom is -0.324 e. The molecular formula is C21H18F2N4O2. The molecule has 0 fully saturated rings. The van der Waals surface area contributed by atoms with E-state index in [1.165, 1.54) is 10.7 Å². The summed E-state index contributed by atoms with van der Waals surface area (Å²) in [6, 6.07) is 9.93. The number of aromatic nitrogens is 2. The van der Waals surface area contributed by atoms with Crippen LogP contribution in [0, 0.1) is 25.5 Å². The number of halogens is 2. The summed E-state index contributed by atoms with van der Waals surface area (Å²) in [5.41, 5.74) is 3.47. The molecule has 0 unspecified atom stereocenters. The number of hydrogen-bond donors (Lipinski definition) is 2. The molecule has 2 N–H and O–H groups in total. The molecule has 29 heavy (non-hydrogen) atoms. The number of rotatable bonds is 3. The number of carbonyl (C=O) groups excluding carboxylic acids is 2. The first-order valence-corrected chi connectivity index (χ1v) is 9.05. The third-order valence-electron chi connectivity index (χ3n) is 4.89. The van der Waals surface area contributed by atoms with E-state index in [9.17, 15) is 18.4 Å². The highest BCUT2D eigenvalue weighted by Crippen LogP contribution is 2.34. The van der Waals surface area contributed by atoms with Crippen LogP contribution in [0.1, 0.15) is 23.6 Å². The van der Waals surface area contributed by atoms with Crippen LogP contribution in [0.4, 0.5) is 20.3 Å². The lowest BCUT2D eigenvalue weighted by atomic mass is 10.1. The standard InChI is InChI=1S/C21H18F2N4O2/c1-11-3-5-13(6-4-11)19-12(2)20-25-18(28)10-17(27(20)26-19)21(29)24-14-7-8-15(22)16(23)9-14/h3-9,17H,10H2,1-2H3,(H,24,29)(H,25,28)/t17-/m0/s1. The SMILES string of the molecule is Cc1ccc(-c2nn3c(c2C)NC(=O)C[C@H]3C(=O)Nc2ccc(F)c(F)c2)cc1. The highest BCUT2D eigenvalue weighted by Gasteiger charge is 2.34. The zero-order valence-corrected chi connectivity index (χ0v) is 15.8. The lowest BCUT2D eigenvalue weighted by molar-refractivity contribution is -0.125. The summed E-state index contributed by atoms with van der Waals surface area (Å²) in [6.45, 7) is 3.80. The topological polar surface area (TPSA) is 76.0 Å². The van der Waals surface area contributed by atoms with Gasteiger partial charge in [-0.15, -0.1) is 0 Å². The molecule has 2 aromatic carbocycles. The van der Waals surface area contributed by atoms with Gasteiger partial charge in [-0.1, -0.05) is 29.8 Å². The third-order valence-corrected chi connectivity index (χ3v) is 4.89. The van der Waals surface area contributed by atoms with Crippen molar-refractivity contribution < 1.29 is 18.4 Å². The van der Waals surface area contributed by atoms with Gasteiger partial charge in [-0.2, -0.15) is 5.10 Å². The Kier molecular flexibility index (Phi) is 4.62. The smallest absolute Gasteiger partial charge is 0.249 e. The van der Waals surface area contributed by atoms with E-state index in [4.69, 9.17) is 0 Å². The fourth-order valence-corrected chi connectivity index (χ4v) is 3.33. The van der Waals surface area contributed by atoms with E-state index in [2.05, 4.69) is 15.7 Å². The Labute approximate surface area is 165 Å². The second-order valence-corrected chi connectivity index (χ2v) is 7.02. The maximum absolute atomic E-state index is 13.4. The fraction of sp³-hybridized carbons (Fsp3) is 0.190. The predicted octanol–water partition coefficient (Wildman–Crippen LogP) is 3.97. The Morgan fingerprint density at radius 1 is 1.14 bits per heavy atom. The number of hydrogen-bond acceptors (Lipinski definition) is 3. The van der Waals surface area contributed by atoms with Crippen molar-refractivity contribution in [3.05, 3.63) is 65.2 Å². The van der Waals surface area contributed by atoms with Crippen molar-refractivity contribution >= 4 is 23.3 Å². The van der Waals surface area contributed by atoms with Crippen molar-refractivity contribution in [1.82, 2.24) is 9.78 Å². The van der Waals surface area contributed by atoms with E-state index in [-0.39, 0.29) is 18.0 Å². The molecule has 3 aromatic rings. The van der Waals surface area contributed by atoms with Gasteiger partial charge in [0.25, 0.3) is 0 Å². The number of fused-ring (bicyclic) bond motifs is 1. The molecule has 0 aliphatic carbocycles. The van der Waals surface area contributed by atoms with Gasteiger partial charge in [0, 0.05) is 22.9 Å². The molecule has 0 saturated carbocycles. The summed E-state index contributed by atoms with van der Waals surface area (Å²) in [7, 11) is 0. The molecule has 0 saturated heterocycles. The highest BCUT2D eigenvalue weighted by atomic mass is 19.2. The van der Waals surface area contributed by atoms with Crippen LogP contribution < -0.4 is 10.6 Å². The average Bonchev–Trinajstić information content (AvgIpc) is 3.01. The van der Waals surface area contributed by atoms with Gasteiger partial charge in [-0.05, 0) is 26.0 Å². The Hall–Kier alpha value is -3.55. The summed E-state index contributed by atoms with van der Waals surface area (Å²) in [4.78, 5) is 25.0. The molecule has 0 bridgehead atoms. The Morgan fingerprint density at radius 2 is 1.86 bits per heavy atom. The van der Waals surface area contributed by atoms with Crippen LogP contribution in [0.5, 0.6) is 0 Å². The first-order valence-electron chi connectivity index (χ1n) is 9.05. The van der Waals surface area contributed by atoms with Crippen LogP contribution in [0.2, 0.25) is 0 Å². The second kappa shape index (κ2) is 7.12. The normalized spacial score (nSPS) is 15.6. The quantitative estimate of drug-likeness (QED) is 0.704. The number of nitrogens with one attached hydrogen (secondary N) is 2. The van der Waals surface area contributed by atoms with Crippen molar-refractivity contribution in [2.24, 2.45) is 0 Å². The maximum atomic E-state index is 13.4. The molecule has 148 valence electrons. The number of nitrogens with zero attached hydrogens (tertiary/aromatic N) is 2. The van der Waals surface area contributed by atoms with Crippen LogP contribution in [-0.4, -0.2) is 21.6 Å². The fourth-order valence-electron chi connectivity index (χ4n) is 3.33. The van der Waals surface area contributed by atoms with Gasteiger partial charge in [0.15, 0.2) is 11.6 Å². The molecular weight excluding hydrogens is 378 g/mol. The lowest BCUT2D eigenvalue weighted by Gasteiger charge is -2.24. The maximum Gasteiger partial charge on any atom is 0.249 e. The van der Waals surface area contributed by atoms with Crippen molar-refractivity contribution in [3.8, 4) is 11.3 Å². The molecule has 1 aliphatic heterocycles. The Morgan fingerprint density at radius 3 is 2.55 bits per heavy atom. The molecule has 0 radical (unpaired) electrons. The third kappa shape index (κ3) is 3.49. The molecule has 6 nitrogen and oxygen atoms in total. The molecule has 0 spiro atoms. The van der Waals surface area contributed by atoms with Crippen molar-refractivity contribution in [2.75, 3.05) is 10.6 Å². The second-order valence-electron chi connectivity index (χ2n) is 7.02. The zero-order chi connectivity index (χ0) is 20.7. The van der Waals surface area contributed by atoms with Crippen LogP contribution in [0.15, 0.2) is 42.5 Å². The molecule has 8 heteroatoms. The highest BCUT2D eigenvalue weighted by molar-refractivity contribution is 6.02. The number of anilines is 2. The van der Waals surface area contributed by atoms with Gasteiger partial charge in [-0.25, -0.2) is 13.5 Å². The Balaban J connectivity index is 1.69. The average molecular weight is 396 g/mol. The number of amides is 2. The van der Waals surface area contributed by atoms with Crippen LogP contribution >= 0.6 is 0 Å². The van der Waals surface area contributed by atoms with Crippen molar-refractivity contribution in [3.63, 3.8) is 0 Å². The molecule has 1 atom stereocenters. The van der Waals surface area contributed by atoms with Crippen LogP contribution in [0.25, 0.3) is 11.3 Å². The number of benzene rings is 2. The minimum atomic E-state index is -1.07. The molecule has 2 heterocycles. The van der Waals surface area contributed by atoms with Gasteiger partial charge < -0.3 is 10.6 Å². The van der Waals surface area contributed by atoms with E-state index >= 15 is 0 Å². The van der Waals surface area contributed by atoms with E-state index in [1.54, 1.807) is 0 Å². The largest absolute Gasteiger partial charge is 0.324 e. The summed E-state index contributed by atoms with van der Waals surface area (Å²) in [5, 5.41) is 9.87. The van der Waals surface area contributed by atoms with Crippen LogP contribution in [-0.2, 0) is 9.59 Å². The zero-order valence-electron chi connectivity index (χ0n) is 15.8. The van der Waals surface area contributed by atoms with E-state index in [0.717, 1.165) is 28.8 Å². The van der Waals surface area contributed by atoms with Crippen LogP contribution in [0.3, 0.4) is 0 Å². The molecule has 4 rings (SSSR count). The summed E-state index contributed by atoms with van der Waals surface area (Å²) in [6.07, 6.45) is -0.114. The van der Waals surface area contributed by atoms with Gasteiger partial charge in [0.2, 0.25) is 11.8 Å². The summed E-state index contributed by atoms with van der Waals surface area (Å²) >= 11 is 0. The summed E-state index contributed by atoms with van der Waals surface area (Å²) < 4.78 is 28.0. The first kappa shape index (κ1) is 18.8. The monoisotopic (exact) mass is 396 g/mol. The predicted molar refractivity (Wildman–Crippen MR) is 104 cm³/mol. The number of carbonyl (C=O) groups is 2. The van der Waals surface area contributed by atoms with E-state index in [0.29, 0.717) is 11.5 Å². The minimum absolute atomic E-state index is 0.101. The molecule has 1 aliphatic rings. The van der Waals surface area contributed by atoms with Crippen molar-refractivity contribution in [2.45, 2.75) is 26.3 Å². The van der Waals surface area contributed by atoms with Gasteiger partial charge in [0.05, 0.1) is 12.1 Å². The van der Waals surface area contributed by atoms with Gasteiger partial charge in [0.1, 0.15) is 11.9 Å². The number of aryl methyl sites for hydroxylation is 1. The van der Waals surface area contributed by atoms with Crippen molar-refractivity contribution in [1.29, 1.82) is 0 Å². The Bertz CT molecular complexity index is 1120. The molecule has 1 aromatic heterocycles. The van der Waals surface area contributed by atoms with Gasteiger partial charge >= 0.3 is 0 Å². The van der Waals surface area contributed by atoms with E-state index < -0.39 is 23.6 Å².